The average molecular weight is 404 g/mol. The molecule has 1 atom stereocenters. The number of rotatable bonds is 6. The molecule has 4 nitrogen and oxygen atoms in total. The summed E-state index contributed by atoms with van der Waals surface area (Å²) in [7, 11) is 0. The Kier molecular flexibility index (Phi) is 6.53. The quantitative estimate of drug-likeness (QED) is 0.678. The van der Waals surface area contributed by atoms with Crippen molar-refractivity contribution >= 4 is 34.8 Å². The molecule has 0 saturated carbocycles. The first-order valence-electron chi connectivity index (χ1n) is 9.16. The number of carbonyl (C=O) groups is 1. The van der Waals surface area contributed by atoms with E-state index < -0.39 is 0 Å². The minimum atomic E-state index is -0.229. The Morgan fingerprint density at radius 3 is 2.33 bits per heavy atom. The first-order chi connectivity index (χ1) is 13.0. The largest absolute Gasteiger partial charge is 0.295 e. The van der Waals surface area contributed by atoms with Crippen LogP contribution in [0.2, 0.25) is 10.0 Å². The predicted molar refractivity (Wildman–Crippen MR) is 111 cm³/mol. The van der Waals surface area contributed by atoms with Crippen molar-refractivity contribution in [2.24, 2.45) is 5.10 Å². The Morgan fingerprint density at radius 1 is 1.07 bits per heavy atom. The van der Waals surface area contributed by atoms with Crippen LogP contribution in [0, 0.1) is 0 Å². The molecule has 0 saturated heterocycles. The van der Waals surface area contributed by atoms with Crippen molar-refractivity contribution < 1.29 is 4.79 Å². The lowest BCUT2D eigenvalue weighted by Crippen LogP contribution is -2.38. The van der Waals surface area contributed by atoms with Crippen LogP contribution < -0.4 is 0 Å². The fourth-order valence-electron chi connectivity index (χ4n) is 3.30. The summed E-state index contributed by atoms with van der Waals surface area (Å²) in [5.41, 5.74) is 2.56. The molecule has 0 radical (unpaired) electrons. The van der Waals surface area contributed by atoms with Crippen LogP contribution >= 0.6 is 23.2 Å². The Bertz CT molecular complexity index is 849. The van der Waals surface area contributed by atoms with Gasteiger partial charge in [0.1, 0.15) is 0 Å². The third-order valence-corrected chi connectivity index (χ3v) is 5.54. The highest BCUT2D eigenvalue weighted by Gasteiger charge is 2.34. The maximum atomic E-state index is 13.0. The van der Waals surface area contributed by atoms with Crippen molar-refractivity contribution in [3.05, 3.63) is 69.7 Å². The standard InChI is InChI=1S/C21H23Cl2N3O/c1-3-25(4-2)14-21(27)26-20(16-10-6-8-12-18(16)23)13-19(24-26)15-9-5-7-11-17(15)22/h5-12,20H,3-4,13-14H2,1-2H3/t20-/m1/s1. The topological polar surface area (TPSA) is 35.9 Å². The molecule has 0 aliphatic carbocycles. The van der Waals surface area contributed by atoms with Crippen LogP contribution in [0.5, 0.6) is 0 Å². The molecule has 1 aliphatic rings. The van der Waals surface area contributed by atoms with Crippen LogP contribution in [0.25, 0.3) is 0 Å². The molecule has 2 aromatic carbocycles. The van der Waals surface area contributed by atoms with E-state index in [0.717, 1.165) is 29.9 Å². The van der Waals surface area contributed by atoms with E-state index in [1.54, 1.807) is 5.01 Å². The molecule has 6 heteroatoms. The molecule has 0 aromatic heterocycles. The molecule has 0 unspecified atom stereocenters. The van der Waals surface area contributed by atoms with Crippen molar-refractivity contribution in [2.45, 2.75) is 26.3 Å². The highest BCUT2D eigenvalue weighted by Crippen LogP contribution is 2.37. The minimum absolute atomic E-state index is 0.0364. The Balaban J connectivity index is 1.96. The smallest absolute Gasteiger partial charge is 0.257 e. The van der Waals surface area contributed by atoms with Crippen molar-refractivity contribution in [3.8, 4) is 0 Å². The molecule has 0 N–H and O–H groups in total. The van der Waals surface area contributed by atoms with Gasteiger partial charge >= 0.3 is 0 Å². The molecule has 2 aromatic rings. The van der Waals surface area contributed by atoms with Gasteiger partial charge in [-0.1, -0.05) is 73.4 Å². The first kappa shape index (κ1) is 19.9. The highest BCUT2D eigenvalue weighted by molar-refractivity contribution is 6.34. The van der Waals surface area contributed by atoms with Gasteiger partial charge in [0.25, 0.3) is 5.91 Å². The van der Waals surface area contributed by atoms with E-state index in [1.807, 2.05) is 62.4 Å². The lowest BCUT2D eigenvalue weighted by Gasteiger charge is -2.26. The molecule has 27 heavy (non-hydrogen) atoms. The number of hydrazone groups is 1. The maximum Gasteiger partial charge on any atom is 0.257 e. The summed E-state index contributed by atoms with van der Waals surface area (Å²) in [4.78, 5) is 15.1. The van der Waals surface area contributed by atoms with Crippen molar-refractivity contribution in [3.63, 3.8) is 0 Å². The van der Waals surface area contributed by atoms with Gasteiger partial charge in [0.15, 0.2) is 0 Å². The number of likely N-dealkylation sites (N-methyl/N-ethyl adjacent to an activating group) is 1. The van der Waals surface area contributed by atoms with E-state index in [-0.39, 0.29) is 11.9 Å². The van der Waals surface area contributed by atoms with Gasteiger partial charge < -0.3 is 0 Å². The Morgan fingerprint density at radius 2 is 1.70 bits per heavy atom. The summed E-state index contributed by atoms with van der Waals surface area (Å²) in [5, 5.41) is 7.52. The number of benzene rings is 2. The summed E-state index contributed by atoms with van der Waals surface area (Å²) < 4.78 is 0. The van der Waals surface area contributed by atoms with Gasteiger partial charge in [0.2, 0.25) is 0 Å². The van der Waals surface area contributed by atoms with Crippen LogP contribution in [0.15, 0.2) is 53.6 Å². The second kappa shape index (κ2) is 8.87. The third kappa shape index (κ3) is 4.34. The van der Waals surface area contributed by atoms with E-state index in [4.69, 9.17) is 23.2 Å². The maximum absolute atomic E-state index is 13.0. The van der Waals surface area contributed by atoms with Gasteiger partial charge in [-0.3, -0.25) is 9.69 Å². The van der Waals surface area contributed by atoms with Crippen LogP contribution in [0.1, 0.15) is 37.4 Å². The second-order valence-corrected chi connectivity index (χ2v) is 7.28. The third-order valence-electron chi connectivity index (χ3n) is 4.87. The second-order valence-electron chi connectivity index (χ2n) is 6.47. The Labute approximate surface area is 170 Å². The SMILES string of the molecule is CCN(CC)CC(=O)N1N=C(c2ccccc2Cl)C[C@@H]1c1ccccc1Cl. The van der Waals surface area contributed by atoms with E-state index in [9.17, 15) is 4.79 Å². The number of carbonyl (C=O) groups excluding carboxylic acids is 1. The van der Waals surface area contributed by atoms with Crippen LogP contribution in [-0.2, 0) is 4.79 Å². The lowest BCUT2D eigenvalue weighted by molar-refractivity contribution is -0.134. The van der Waals surface area contributed by atoms with Gasteiger partial charge in [-0.05, 0) is 30.8 Å². The van der Waals surface area contributed by atoms with Gasteiger partial charge in [0, 0.05) is 22.0 Å². The zero-order valence-corrected chi connectivity index (χ0v) is 17.0. The van der Waals surface area contributed by atoms with E-state index in [2.05, 4.69) is 10.0 Å². The molecule has 1 aliphatic heterocycles. The first-order valence-corrected chi connectivity index (χ1v) is 9.92. The van der Waals surface area contributed by atoms with Gasteiger partial charge in [-0.25, -0.2) is 5.01 Å². The van der Waals surface area contributed by atoms with Crippen LogP contribution in [0.4, 0.5) is 0 Å². The van der Waals surface area contributed by atoms with Crippen molar-refractivity contribution in [1.82, 2.24) is 9.91 Å². The van der Waals surface area contributed by atoms with Gasteiger partial charge in [0.05, 0.1) is 18.3 Å². The number of hydrogen-bond acceptors (Lipinski definition) is 3. The minimum Gasteiger partial charge on any atom is -0.295 e. The Hall–Kier alpha value is -1.88. The predicted octanol–water partition coefficient (Wildman–Crippen LogP) is 5.01. The van der Waals surface area contributed by atoms with E-state index in [0.29, 0.717) is 23.0 Å². The number of nitrogens with zero attached hydrogens (tertiary/aromatic N) is 3. The summed E-state index contributed by atoms with van der Waals surface area (Å²) in [5.74, 6) is -0.0364. The summed E-state index contributed by atoms with van der Waals surface area (Å²) in [6.45, 7) is 6.05. The zero-order chi connectivity index (χ0) is 19.4. The number of halogens is 2. The summed E-state index contributed by atoms with van der Waals surface area (Å²) >= 11 is 12.8. The molecule has 142 valence electrons. The van der Waals surface area contributed by atoms with Crippen molar-refractivity contribution in [1.29, 1.82) is 0 Å². The van der Waals surface area contributed by atoms with Gasteiger partial charge in [-0.15, -0.1) is 0 Å². The molecular weight excluding hydrogens is 381 g/mol. The highest BCUT2D eigenvalue weighted by atomic mass is 35.5. The normalized spacial score (nSPS) is 16.7. The van der Waals surface area contributed by atoms with Crippen LogP contribution in [0.3, 0.4) is 0 Å². The number of amides is 1. The zero-order valence-electron chi connectivity index (χ0n) is 15.5. The lowest BCUT2D eigenvalue weighted by atomic mass is 9.98. The molecule has 0 fully saturated rings. The molecule has 0 spiro atoms. The summed E-state index contributed by atoms with van der Waals surface area (Å²) in [6.07, 6.45) is 0.581. The average Bonchev–Trinajstić information content (AvgIpc) is 3.11. The molecule has 1 amide bonds. The van der Waals surface area contributed by atoms with E-state index >= 15 is 0 Å². The number of hydrogen-bond donors (Lipinski definition) is 0. The van der Waals surface area contributed by atoms with E-state index in [1.165, 1.54) is 0 Å². The van der Waals surface area contributed by atoms with Crippen molar-refractivity contribution in [2.75, 3.05) is 19.6 Å². The molecular formula is C21H23Cl2N3O. The molecule has 0 bridgehead atoms. The van der Waals surface area contributed by atoms with Gasteiger partial charge in [-0.2, -0.15) is 5.10 Å². The fraction of sp³-hybridized carbons (Fsp3) is 0.333. The molecule has 1 heterocycles. The fourth-order valence-corrected chi connectivity index (χ4v) is 3.80. The van der Waals surface area contributed by atoms with Crippen LogP contribution in [-0.4, -0.2) is 41.2 Å². The summed E-state index contributed by atoms with van der Waals surface area (Å²) in [6, 6.07) is 15.0. The molecule has 3 rings (SSSR count). The monoisotopic (exact) mass is 403 g/mol.